The fourth-order valence-electron chi connectivity index (χ4n) is 0.964. The molecule has 0 spiro atoms. The zero-order chi connectivity index (χ0) is 7.68. The van der Waals surface area contributed by atoms with Crippen LogP contribution < -0.4 is 4.74 Å². The van der Waals surface area contributed by atoms with Crippen LogP contribution in [0, 0.1) is 0 Å². The summed E-state index contributed by atoms with van der Waals surface area (Å²) in [5.74, 6) is 0.790. The molecule has 1 aromatic heterocycles. The molecular formula is C8H9NO2. The molecule has 2 rings (SSSR count). The molecule has 1 aliphatic heterocycles. The molecule has 58 valence electrons. The Hall–Kier alpha value is -1.09. The molecule has 1 saturated heterocycles. The van der Waals surface area contributed by atoms with Gasteiger partial charge in [-0.1, -0.05) is 0 Å². The quantitative estimate of drug-likeness (QED) is 0.595. The third kappa shape index (κ3) is 1.33. The van der Waals surface area contributed by atoms with E-state index < -0.39 is 0 Å². The molecular weight excluding hydrogens is 142 g/mol. The van der Waals surface area contributed by atoms with Gasteiger partial charge >= 0.3 is 0 Å². The Morgan fingerprint density at radius 1 is 1.64 bits per heavy atom. The average Bonchev–Trinajstić information content (AvgIpc) is 2.87. The maximum atomic E-state index is 5.10. The van der Waals surface area contributed by atoms with Crippen molar-refractivity contribution in [1.82, 2.24) is 4.98 Å². The van der Waals surface area contributed by atoms with E-state index >= 15 is 0 Å². The van der Waals surface area contributed by atoms with E-state index in [-0.39, 0.29) is 6.10 Å². The van der Waals surface area contributed by atoms with E-state index in [9.17, 15) is 0 Å². The highest BCUT2D eigenvalue weighted by atomic mass is 16.6. The van der Waals surface area contributed by atoms with Crippen LogP contribution in [0.4, 0.5) is 0 Å². The van der Waals surface area contributed by atoms with Crippen molar-refractivity contribution in [3.8, 4) is 5.75 Å². The van der Waals surface area contributed by atoms with E-state index in [4.69, 9.17) is 9.47 Å². The Morgan fingerprint density at radius 3 is 3.09 bits per heavy atom. The molecule has 3 heteroatoms. The second-order valence-corrected chi connectivity index (χ2v) is 2.48. The number of pyridine rings is 1. The molecule has 0 aliphatic carbocycles. The number of epoxide rings is 1. The second-order valence-electron chi connectivity index (χ2n) is 2.48. The lowest BCUT2D eigenvalue weighted by Crippen LogP contribution is -1.87. The Labute approximate surface area is 65.0 Å². The highest BCUT2D eigenvalue weighted by Crippen LogP contribution is 2.30. The van der Waals surface area contributed by atoms with Gasteiger partial charge in [0.15, 0.2) is 0 Å². The van der Waals surface area contributed by atoms with Gasteiger partial charge in [-0.05, 0) is 6.07 Å². The highest BCUT2D eigenvalue weighted by Gasteiger charge is 2.25. The molecule has 2 heterocycles. The summed E-state index contributed by atoms with van der Waals surface area (Å²) >= 11 is 0. The molecule has 1 fully saturated rings. The SMILES string of the molecule is COc1cncc([C@@H]2CO2)c1. The zero-order valence-corrected chi connectivity index (χ0v) is 6.28. The van der Waals surface area contributed by atoms with Crippen molar-refractivity contribution in [1.29, 1.82) is 0 Å². The maximum absolute atomic E-state index is 5.10. The van der Waals surface area contributed by atoms with Gasteiger partial charge in [-0.3, -0.25) is 4.98 Å². The van der Waals surface area contributed by atoms with Gasteiger partial charge in [0, 0.05) is 11.8 Å². The first-order chi connectivity index (χ1) is 5.40. The fourth-order valence-corrected chi connectivity index (χ4v) is 0.964. The van der Waals surface area contributed by atoms with Crippen LogP contribution in [0.3, 0.4) is 0 Å². The first kappa shape index (κ1) is 6.61. The molecule has 0 unspecified atom stereocenters. The van der Waals surface area contributed by atoms with Gasteiger partial charge < -0.3 is 9.47 Å². The fraction of sp³-hybridized carbons (Fsp3) is 0.375. The van der Waals surface area contributed by atoms with Crippen LogP contribution in [0.5, 0.6) is 5.75 Å². The van der Waals surface area contributed by atoms with E-state index in [1.807, 2.05) is 6.07 Å². The molecule has 0 amide bonds. The van der Waals surface area contributed by atoms with Crippen LogP contribution in [0.15, 0.2) is 18.5 Å². The molecule has 1 aromatic rings. The van der Waals surface area contributed by atoms with Crippen LogP contribution in [0.1, 0.15) is 11.7 Å². The topological polar surface area (TPSA) is 34.6 Å². The van der Waals surface area contributed by atoms with Crippen molar-refractivity contribution in [3.05, 3.63) is 24.0 Å². The summed E-state index contributed by atoms with van der Waals surface area (Å²) in [6, 6.07) is 1.95. The van der Waals surface area contributed by atoms with Gasteiger partial charge in [-0.25, -0.2) is 0 Å². The third-order valence-electron chi connectivity index (χ3n) is 1.68. The summed E-state index contributed by atoms with van der Waals surface area (Å²) in [7, 11) is 1.63. The first-order valence-corrected chi connectivity index (χ1v) is 3.50. The van der Waals surface area contributed by atoms with Gasteiger partial charge in [0.2, 0.25) is 0 Å². The second kappa shape index (κ2) is 2.51. The summed E-state index contributed by atoms with van der Waals surface area (Å²) in [5, 5.41) is 0. The van der Waals surface area contributed by atoms with E-state index in [0.29, 0.717) is 0 Å². The predicted molar refractivity (Wildman–Crippen MR) is 39.5 cm³/mol. The van der Waals surface area contributed by atoms with Crippen molar-refractivity contribution in [2.75, 3.05) is 13.7 Å². The van der Waals surface area contributed by atoms with Crippen LogP contribution in [-0.4, -0.2) is 18.7 Å². The Kier molecular flexibility index (Phi) is 1.51. The van der Waals surface area contributed by atoms with Gasteiger partial charge in [0.25, 0.3) is 0 Å². The van der Waals surface area contributed by atoms with E-state index in [2.05, 4.69) is 4.98 Å². The van der Waals surface area contributed by atoms with Crippen molar-refractivity contribution < 1.29 is 9.47 Å². The van der Waals surface area contributed by atoms with E-state index in [0.717, 1.165) is 17.9 Å². The zero-order valence-electron chi connectivity index (χ0n) is 6.28. The molecule has 0 aromatic carbocycles. The van der Waals surface area contributed by atoms with Crippen molar-refractivity contribution >= 4 is 0 Å². The molecule has 0 saturated carbocycles. The number of methoxy groups -OCH3 is 1. The van der Waals surface area contributed by atoms with Crippen LogP contribution in [0.2, 0.25) is 0 Å². The molecule has 3 nitrogen and oxygen atoms in total. The number of hydrogen-bond donors (Lipinski definition) is 0. The van der Waals surface area contributed by atoms with Gasteiger partial charge in [0.1, 0.15) is 11.9 Å². The number of nitrogens with zero attached hydrogens (tertiary/aromatic N) is 1. The number of ether oxygens (including phenoxy) is 2. The number of aromatic nitrogens is 1. The summed E-state index contributed by atoms with van der Waals surface area (Å²) in [6.45, 7) is 0.814. The van der Waals surface area contributed by atoms with Crippen LogP contribution >= 0.6 is 0 Å². The average molecular weight is 151 g/mol. The normalized spacial score (nSPS) is 21.4. The van der Waals surface area contributed by atoms with Gasteiger partial charge in [-0.2, -0.15) is 0 Å². The standard InChI is InChI=1S/C8H9NO2/c1-10-7-2-6(3-9-4-7)8-5-11-8/h2-4,8H,5H2,1H3/t8-/m0/s1. The minimum atomic E-state index is 0.262. The summed E-state index contributed by atoms with van der Waals surface area (Å²) < 4.78 is 10.1. The first-order valence-electron chi connectivity index (χ1n) is 3.50. The Bertz CT molecular complexity index is 258. The van der Waals surface area contributed by atoms with Crippen LogP contribution in [0.25, 0.3) is 0 Å². The molecule has 1 atom stereocenters. The molecule has 0 N–H and O–H groups in total. The predicted octanol–water partition coefficient (Wildman–Crippen LogP) is 1.16. The Balaban J connectivity index is 2.26. The number of hydrogen-bond acceptors (Lipinski definition) is 3. The van der Waals surface area contributed by atoms with Gasteiger partial charge in [-0.15, -0.1) is 0 Å². The lowest BCUT2D eigenvalue weighted by Gasteiger charge is -1.99. The summed E-state index contributed by atoms with van der Waals surface area (Å²) in [4.78, 5) is 4.01. The lowest BCUT2D eigenvalue weighted by atomic mass is 10.2. The van der Waals surface area contributed by atoms with E-state index in [1.165, 1.54) is 0 Å². The maximum Gasteiger partial charge on any atom is 0.137 e. The van der Waals surface area contributed by atoms with Gasteiger partial charge in [0.05, 0.1) is 19.9 Å². The lowest BCUT2D eigenvalue weighted by molar-refractivity contribution is 0.402. The summed E-state index contributed by atoms with van der Waals surface area (Å²) in [5.41, 5.74) is 1.10. The highest BCUT2D eigenvalue weighted by molar-refractivity contribution is 5.26. The molecule has 0 bridgehead atoms. The minimum absolute atomic E-state index is 0.262. The van der Waals surface area contributed by atoms with Crippen molar-refractivity contribution in [2.45, 2.75) is 6.10 Å². The molecule has 0 radical (unpaired) electrons. The smallest absolute Gasteiger partial charge is 0.137 e. The van der Waals surface area contributed by atoms with Crippen molar-refractivity contribution in [2.24, 2.45) is 0 Å². The van der Waals surface area contributed by atoms with Crippen molar-refractivity contribution in [3.63, 3.8) is 0 Å². The Morgan fingerprint density at radius 2 is 2.45 bits per heavy atom. The molecule has 11 heavy (non-hydrogen) atoms. The number of rotatable bonds is 2. The summed E-state index contributed by atoms with van der Waals surface area (Å²) in [6.07, 6.45) is 3.75. The largest absolute Gasteiger partial charge is 0.495 e. The monoisotopic (exact) mass is 151 g/mol. The van der Waals surface area contributed by atoms with Crippen LogP contribution in [-0.2, 0) is 4.74 Å². The minimum Gasteiger partial charge on any atom is -0.495 e. The molecule has 1 aliphatic rings. The third-order valence-corrected chi connectivity index (χ3v) is 1.68. The van der Waals surface area contributed by atoms with E-state index in [1.54, 1.807) is 19.5 Å².